The summed E-state index contributed by atoms with van der Waals surface area (Å²) in [5.74, 6) is -0.221. The SMILES string of the molecule is C[C@H](NC(=O)C(C)(N)c1ccccc1)c1ccccn1. The van der Waals surface area contributed by atoms with Gasteiger partial charge in [-0.25, -0.2) is 0 Å². The lowest BCUT2D eigenvalue weighted by molar-refractivity contribution is -0.126. The predicted molar refractivity (Wildman–Crippen MR) is 78.8 cm³/mol. The smallest absolute Gasteiger partial charge is 0.244 e. The third-order valence-electron chi connectivity index (χ3n) is 3.32. The van der Waals surface area contributed by atoms with Gasteiger partial charge >= 0.3 is 0 Å². The number of hydrogen-bond acceptors (Lipinski definition) is 3. The Balaban J connectivity index is 2.12. The minimum atomic E-state index is -1.07. The van der Waals surface area contributed by atoms with Crippen molar-refractivity contribution in [2.75, 3.05) is 0 Å². The van der Waals surface area contributed by atoms with Crippen LogP contribution in [-0.2, 0) is 10.3 Å². The van der Waals surface area contributed by atoms with Gasteiger partial charge in [-0.2, -0.15) is 0 Å². The number of pyridine rings is 1. The molecule has 0 aliphatic carbocycles. The molecular weight excluding hydrogens is 250 g/mol. The van der Waals surface area contributed by atoms with E-state index in [1.807, 2.05) is 55.5 Å². The summed E-state index contributed by atoms with van der Waals surface area (Å²) in [4.78, 5) is 16.6. The fourth-order valence-electron chi connectivity index (χ4n) is 1.97. The third-order valence-corrected chi connectivity index (χ3v) is 3.32. The molecule has 3 N–H and O–H groups in total. The lowest BCUT2D eigenvalue weighted by atomic mass is 9.92. The predicted octanol–water partition coefficient (Wildman–Crippen LogP) is 2.13. The second-order valence-electron chi connectivity index (χ2n) is 5.02. The van der Waals surface area contributed by atoms with Crippen LogP contribution in [0.1, 0.15) is 31.1 Å². The number of carbonyl (C=O) groups is 1. The normalized spacial score (nSPS) is 15.2. The Hall–Kier alpha value is -2.20. The second kappa shape index (κ2) is 5.84. The van der Waals surface area contributed by atoms with Crippen LogP contribution in [0, 0.1) is 0 Å². The van der Waals surface area contributed by atoms with Gasteiger partial charge in [0.25, 0.3) is 0 Å². The van der Waals surface area contributed by atoms with E-state index in [1.165, 1.54) is 0 Å². The first-order valence-corrected chi connectivity index (χ1v) is 6.58. The van der Waals surface area contributed by atoms with Crippen LogP contribution >= 0.6 is 0 Å². The number of hydrogen-bond donors (Lipinski definition) is 2. The Morgan fingerprint density at radius 2 is 1.85 bits per heavy atom. The van der Waals surface area contributed by atoms with Gasteiger partial charge in [0, 0.05) is 6.20 Å². The Labute approximate surface area is 119 Å². The fraction of sp³-hybridized carbons (Fsp3) is 0.250. The first kappa shape index (κ1) is 14.2. The van der Waals surface area contributed by atoms with Crippen LogP contribution < -0.4 is 11.1 Å². The molecule has 0 fully saturated rings. The average Bonchev–Trinajstić information content (AvgIpc) is 2.49. The molecule has 0 spiro atoms. The molecule has 2 rings (SSSR count). The highest BCUT2D eigenvalue weighted by molar-refractivity contribution is 5.87. The Bertz CT molecular complexity index is 567. The Morgan fingerprint density at radius 1 is 1.20 bits per heavy atom. The number of aromatic nitrogens is 1. The van der Waals surface area contributed by atoms with Crippen molar-refractivity contribution in [3.8, 4) is 0 Å². The van der Waals surface area contributed by atoms with Crippen molar-refractivity contribution in [1.82, 2.24) is 10.3 Å². The van der Waals surface area contributed by atoms with Gasteiger partial charge in [0.1, 0.15) is 5.54 Å². The van der Waals surface area contributed by atoms with Crippen LogP contribution in [0.2, 0.25) is 0 Å². The van der Waals surface area contributed by atoms with Gasteiger partial charge in [0.2, 0.25) is 5.91 Å². The first-order valence-electron chi connectivity index (χ1n) is 6.58. The van der Waals surface area contributed by atoms with Crippen LogP contribution in [-0.4, -0.2) is 10.9 Å². The summed E-state index contributed by atoms with van der Waals surface area (Å²) in [6, 6.07) is 14.8. The van der Waals surface area contributed by atoms with Crippen molar-refractivity contribution in [1.29, 1.82) is 0 Å². The van der Waals surface area contributed by atoms with Gasteiger partial charge in [-0.3, -0.25) is 9.78 Å². The molecule has 0 radical (unpaired) electrons. The molecule has 2 aromatic rings. The van der Waals surface area contributed by atoms with Crippen molar-refractivity contribution in [3.05, 3.63) is 66.0 Å². The van der Waals surface area contributed by atoms with Crippen molar-refractivity contribution in [3.63, 3.8) is 0 Å². The summed E-state index contributed by atoms with van der Waals surface area (Å²) in [5.41, 5.74) is 6.70. The number of amides is 1. The summed E-state index contributed by atoms with van der Waals surface area (Å²) in [7, 11) is 0. The zero-order valence-electron chi connectivity index (χ0n) is 11.7. The van der Waals surface area contributed by atoms with Gasteiger partial charge in [-0.05, 0) is 31.5 Å². The van der Waals surface area contributed by atoms with Gasteiger partial charge in [-0.15, -0.1) is 0 Å². The molecule has 1 aromatic carbocycles. The van der Waals surface area contributed by atoms with E-state index < -0.39 is 5.54 Å². The molecule has 4 heteroatoms. The van der Waals surface area contributed by atoms with Crippen LogP contribution in [0.5, 0.6) is 0 Å². The molecule has 0 aliphatic heterocycles. The van der Waals surface area contributed by atoms with E-state index in [2.05, 4.69) is 10.3 Å². The minimum Gasteiger partial charge on any atom is -0.346 e. The molecular formula is C16H19N3O. The van der Waals surface area contributed by atoms with Gasteiger partial charge in [0.15, 0.2) is 0 Å². The van der Waals surface area contributed by atoms with Crippen LogP contribution in [0.25, 0.3) is 0 Å². The highest BCUT2D eigenvalue weighted by Gasteiger charge is 2.31. The molecule has 2 atom stereocenters. The van der Waals surface area contributed by atoms with Crippen LogP contribution in [0.4, 0.5) is 0 Å². The van der Waals surface area contributed by atoms with Crippen molar-refractivity contribution >= 4 is 5.91 Å². The van der Waals surface area contributed by atoms with Crippen LogP contribution in [0.15, 0.2) is 54.7 Å². The third kappa shape index (κ3) is 3.03. The van der Waals surface area contributed by atoms with Gasteiger partial charge in [0.05, 0.1) is 11.7 Å². The zero-order chi connectivity index (χ0) is 14.6. The van der Waals surface area contributed by atoms with E-state index >= 15 is 0 Å². The molecule has 1 unspecified atom stereocenters. The summed E-state index contributed by atoms with van der Waals surface area (Å²) < 4.78 is 0. The lowest BCUT2D eigenvalue weighted by Crippen LogP contribution is -2.49. The number of nitrogens with zero attached hydrogens (tertiary/aromatic N) is 1. The van der Waals surface area contributed by atoms with E-state index in [0.29, 0.717) is 0 Å². The molecule has 4 nitrogen and oxygen atoms in total. The minimum absolute atomic E-state index is 0.185. The Kier molecular flexibility index (Phi) is 4.15. The maximum Gasteiger partial charge on any atom is 0.244 e. The first-order chi connectivity index (χ1) is 9.51. The summed E-state index contributed by atoms with van der Waals surface area (Å²) in [6.07, 6.45) is 1.71. The maximum atomic E-state index is 12.4. The van der Waals surface area contributed by atoms with E-state index in [1.54, 1.807) is 13.1 Å². The topological polar surface area (TPSA) is 68.0 Å². The van der Waals surface area contributed by atoms with Gasteiger partial charge < -0.3 is 11.1 Å². The quantitative estimate of drug-likeness (QED) is 0.893. The molecule has 1 aromatic heterocycles. The fourth-order valence-corrected chi connectivity index (χ4v) is 1.97. The number of rotatable bonds is 4. The maximum absolute atomic E-state index is 12.4. The number of benzene rings is 1. The van der Waals surface area contributed by atoms with Gasteiger partial charge in [-0.1, -0.05) is 36.4 Å². The monoisotopic (exact) mass is 269 g/mol. The average molecular weight is 269 g/mol. The molecule has 0 saturated carbocycles. The molecule has 104 valence electrons. The molecule has 0 aliphatic rings. The largest absolute Gasteiger partial charge is 0.346 e. The van der Waals surface area contributed by atoms with E-state index in [-0.39, 0.29) is 11.9 Å². The second-order valence-corrected chi connectivity index (χ2v) is 5.02. The molecule has 20 heavy (non-hydrogen) atoms. The molecule has 0 bridgehead atoms. The molecule has 1 amide bonds. The summed E-state index contributed by atoms with van der Waals surface area (Å²) in [6.45, 7) is 3.60. The highest BCUT2D eigenvalue weighted by atomic mass is 16.2. The van der Waals surface area contributed by atoms with E-state index in [4.69, 9.17) is 5.73 Å². The van der Waals surface area contributed by atoms with Crippen molar-refractivity contribution < 1.29 is 4.79 Å². The molecule has 0 saturated heterocycles. The van der Waals surface area contributed by atoms with Crippen molar-refractivity contribution in [2.24, 2.45) is 5.73 Å². The standard InChI is InChI=1S/C16H19N3O/c1-12(14-10-6-7-11-18-14)19-15(20)16(2,17)13-8-4-3-5-9-13/h3-12H,17H2,1-2H3,(H,19,20)/t12-,16?/m0/s1. The summed E-state index contributed by atoms with van der Waals surface area (Å²) in [5, 5.41) is 2.91. The lowest BCUT2D eigenvalue weighted by Gasteiger charge is -2.26. The Morgan fingerprint density at radius 3 is 2.45 bits per heavy atom. The van der Waals surface area contributed by atoms with E-state index in [9.17, 15) is 4.79 Å². The highest BCUT2D eigenvalue weighted by Crippen LogP contribution is 2.19. The number of nitrogens with one attached hydrogen (secondary N) is 1. The summed E-state index contributed by atoms with van der Waals surface area (Å²) >= 11 is 0. The number of carbonyl (C=O) groups excluding carboxylic acids is 1. The van der Waals surface area contributed by atoms with E-state index in [0.717, 1.165) is 11.3 Å². The zero-order valence-corrected chi connectivity index (χ0v) is 11.7. The van der Waals surface area contributed by atoms with Crippen LogP contribution in [0.3, 0.4) is 0 Å². The molecule has 1 heterocycles. The van der Waals surface area contributed by atoms with Crippen molar-refractivity contribution in [2.45, 2.75) is 25.4 Å². The number of nitrogens with two attached hydrogens (primary N) is 1.